The molecule has 0 fully saturated rings. The first-order valence-corrected chi connectivity index (χ1v) is 18.5. The summed E-state index contributed by atoms with van der Waals surface area (Å²) < 4.78 is 36.6. The lowest BCUT2D eigenvalue weighted by atomic mass is 10.1. The van der Waals surface area contributed by atoms with Crippen LogP contribution in [0.5, 0.6) is 0 Å². The van der Waals surface area contributed by atoms with Gasteiger partial charge in [-0.3, -0.25) is 0 Å². The molecular formula is C40H62FN5O8. The summed E-state index contributed by atoms with van der Waals surface area (Å²) in [7, 11) is 1.25. The number of methoxy groups -OCH3 is 1. The van der Waals surface area contributed by atoms with Crippen molar-refractivity contribution in [1.29, 1.82) is 0 Å². The van der Waals surface area contributed by atoms with Crippen LogP contribution in [0, 0.1) is 5.82 Å². The molecule has 54 heavy (non-hydrogen) atoms. The topological polar surface area (TPSA) is 148 Å². The lowest BCUT2D eigenvalue weighted by molar-refractivity contribution is 0.0208. The largest absolute Gasteiger partial charge is 0.465 e. The van der Waals surface area contributed by atoms with Gasteiger partial charge in [0.1, 0.15) is 22.6 Å². The average molecular weight is 760 g/mol. The second-order valence-corrected chi connectivity index (χ2v) is 15.9. The van der Waals surface area contributed by atoms with E-state index in [-0.39, 0.29) is 11.3 Å². The molecule has 0 aliphatic heterocycles. The fourth-order valence-electron chi connectivity index (χ4n) is 5.04. The molecule has 0 radical (unpaired) electrons. The summed E-state index contributed by atoms with van der Waals surface area (Å²) in [5.74, 6) is -1.27. The molecule has 2 rings (SSSR count). The Morgan fingerprint density at radius 3 is 1.65 bits per heavy atom. The van der Waals surface area contributed by atoms with Crippen LogP contribution in [-0.2, 0) is 25.5 Å². The third-order valence-corrected chi connectivity index (χ3v) is 7.44. The van der Waals surface area contributed by atoms with E-state index in [0.29, 0.717) is 77.2 Å². The molecule has 0 aromatic heterocycles. The zero-order valence-corrected chi connectivity index (χ0v) is 33.9. The Labute approximate surface area is 320 Å². The van der Waals surface area contributed by atoms with Gasteiger partial charge in [0, 0.05) is 45.8 Å². The number of unbranched alkanes of at least 4 members (excludes halogenated alkanes) is 1. The molecule has 13 nitrogen and oxygen atoms in total. The molecule has 2 aromatic carbocycles. The summed E-state index contributed by atoms with van der Waals surface area (Å²) in [6.45, 7) is 18.6. The Balaban J connectivity index is 2.03. The lowest BCUT2D eigenvalue weighted by Crippen LogP contribution is -2.40. The number of alkyl carbamates (subject to hydrolysis) is 1. The molecule has 0 spiro atoms. The maximum absolute atomic E-state index is 15.2. The van der Waals surface area contributed by atoms with Crippen molar-refractivity contribution in [1.82, 2.24) is 15.1 Å². The highest BCUT2D eigenvalue weighted by Gasteiger charge is 2.24. The van der Waals surface area contributed by atoms with Gasteiger partial charge in [0.2, 0.25) is 0 Å². The molecule has 0 aliphatic rings. The van der Waals surface area contributed by atoms with Gasteiger partial charge >= 0.3 is 24.2 Å². The molecule has 0 aliphatic carbocycles. The number of hydrogen-bond acceptors (Lipinski definition) is 10. The van der Waals surface area contributed by atoms with Crippen molar-refractivity contribution in [3.8, 4) is 0 Å². The Hall–Kier alpha value is -4.75. The fourth-order valence-corrected chi connectivity index (χ4v) is 5.04. The van der Waals surface area contributed by atoms with E-state index in [0.717, 1.165) is 11.6 Å². The van der Waals surface area contributed by atoms with E-state index < -0.39 is 46.9 Å². The summed E-state index contributed by atoms with van der Waals surface area (Å²) >= 11 is 0. The molecule has 0 atom stereocenters. The van der Waals surface area contributed by atoms with Crippen molar-refractivity contribution in [2.45, 2.75) is 111 Å². The Morgan fingerprint density at radius 1 is 0.648 bits per heavy atom. The van der Waals surface area contributed by atoms with Crippen LogP contribution in [0.2, 0.25) is 0 Å². The summed E-state index contributed by atoms with van der Waals surface area (Å²) in [6.07, 6.45) is 0.659. The van der Waals surface area contributed by atoms with Gasteiger partial charge < -0.3 is 44.7 Å². The van der Waals surface area contributed by atoms with Crippen LogP contribution in [0.15, 0.2) is 42.5 Å². The molecule has 0 saturated carbocycles. The summed E-state index contributed by atoms with van der Waals surface area (Å²) in [4.78, 5) is 53.9. The van der Waals surface area contributed by atoms with Crippen molar-refractivity contribution in [2.75, 3.05) is 57.0 Å². The van der Waals surface area contributed by atoms with E-state index >= 15 is 4.39 Å². The smallest absolute Gasteiger partial charge is 0.410 e. The average Bonchev–Trinajstić information content (AvgIpc) is 3.05. The van der Waals surface area contributed by atoms with Crippen LogP contribution < -0.4 is 16.0 Å². The number of halogens is 1. The zero-order chi connectivity index (χ0) is 40.5. The Kier molecular flexibility index (Phi) is 17.8. The number of anilines is 2. The number of carbonyl (C=O) groups excluding carboxylic acids is 4. The second-order valence-electron chi connectivity index (χ2n) is 15.9. The monoisotopic (exact) mass is 759 g/mol. The van der Waals surface area contributed by atoms with Crippen LogP contribution in [0.25, 0.3) is 0 Å². The number of amides is 3. The molecule has 14 heteroatoms. The number of ether oxygens (including phenoxy) is 4. The van der Waals surface area contributed by atoms with Crippen molar-refractivity contribution < 1.29 is 42.5 Å². The van der Waals surface area contributed by atoms with E-state index in [4.69, 9.17) is 18.9 Å². The standard InChI is InChI=1S/C40H62FN5O8/c1-38(2,3)52-35(48)43-21-17-25-46(37(50)54-40(7,8)9)23-15-14-22-45(36(49)53-39(4,5)6)24-16-20-42-33-27-32(30(26-31(33)41)34(47)51-10)44-28-29-18-12-11-13-19-29/h11-13,18-19,26-27,42,44H,14-17,20-25,28H2,1-10H3,(H,43,48). The first kappa shape index (κ1) is 45.4. The normalized spacial score (nSPS) is 11.6. The van der Waals surface area contributed by atoms with Gasteiger partial charge in [-0.25, -0.2) is 23.6 Å². The minimum Gasteiger partial charge on any atom is -0.465 e. The fraction of sp³-hybridized carbons (Fsp3) is 0.600. The molecule has 0 bridgehead atoms. The number of benzene rings is 2. The van der Waals surface area contributed by atoms with E-state index in [9.17, 15) is 19.2 Å². The first-order chi connectivity index (χ1) is 25.2. The number of hydrogen-bond donors (Lipinski definition) is 3. The maximum Gasteiger partial charge on any atom is 0.410 e. The van der Waals surface area contributed by atoms with E-state index in [2.05, 4.69) is 16.0 Å². The predicted molar refractivity (Wildman–Crippen MR) is 208 cm³/mol. The minimum absolute atomic E-state index is 0.0790. The van der Waals surface area contributed by atoms with Gasteiger partial charge in [0.25, 0.3) is 0 Å². The Bertz CT molecular complexity index is 1500. The van der Waals surface area contributed by atoms with Gasteiger partial charge in [-0.05, 0) is 106 Å². The van der Waals surface area contributed by atoms with E-state index in [1.165, 1.54) is 7.11 Å². The number of rotatable bonds is 18. The third kappa shape index (κ3) is 18.3. The summed E-state index contributed by atoms with van der Waals surface area (Å²) in [5, 5.41) is 9.01. The zero-order valence-electron chi connectivity index (χ0n) is 33.9. The highest BCUT2D eigenvalue weighted by molar-refractivity contribution is 5.96. The molecule has 3 amide bonds. The van der Waals surface area contributed by atoms with Gasteiger partial charge in [0.15, 0.2) is 0 Å². The SMILES string of the molecule is COC(=O)c1cc(F)c(NCCCN(CCCCN(CCCNC(=O)OC(C)(C)C)C(=O)OC(C)(C)C)C(=O)OC(C)(C)C)cc1NCc1ccccc1. The molecule has 2 aromatic rings. The summed E-state index contributed by atoms with van der Waals surface area (Å²) in [5.41, 5.74) is -0.316. The molecule has 3 N–H and O–H groups in total. The first-order valence-electron chi connectivity index (χ1n) is 18.5. The van der Waals surface area contributed by atoms with Crippen molar-refractivity contribution >= 4 is 35.6 Å². The summed E-state index contributed by atoms with van der Waals surface area (Å²) in [6, 6.07) is 12.3. The van der Waals surface area contributed by atoms with Gasteiger partial charge in [-0.2, -0.15) is 0 Å². The van der Waals surface area contributed by atoms with Crippen LogP contribution in [0.4, 0.5) is 30.1 Å². The third-order valence-electron chi connectivity index (χ3n) is 7.44. The lowest BCUT2D eigenvalue weighted by Gasteiger charge is -2.29. The van der Waals surface area contributed by atoms with Crippen molar-refractivity contribution in [3.05, 3.63) is 59.4 Å². The van der Waals surface area contributed by atoms with E-state index in [1.807, 2.05) is 30.3 Å². The van der Waals surface area contributed by atoms with Gasteiger partial charge in [-0.1, -0.05) is 30.3 Å². The highest BCUT2D eigenvalue weighted by atomic mass is 19.1. The van der Waals surface area contributed by atoms with E-state index in [1.54, 1.807) is 78.2 Å². The molecule has 302 valence electrons. The highest BCUT2D eigenvalue weighted by Crippen LogP contribution is 2.26. The van der Waals surface area contributed by atoms with Crippen LogP contribution in [0.1, 0.15) is 104 Å². The van der Waals surface area contributed by atoms with Gasteiger partial charge in [0.05, 0.1) is 24.0 Å². The second kappa shape index (κ2) is 21.2. The minimum atomic E-state index is -0.706. The van der Waals surface area contributed by atoms with Crippen molar-refractivity contribution in [2.24, 2.45) is 0 Å². The van der Waals surface area contributed by atoms with Crippen molar-refractivity contribution in [3.63, 3.8) is 0 Å². The maximum atomic E-state index is 15.2. The molecule has 0 unspecified atom stereocenters. The molecular weight excluding hydrogens is 697 g/mol. The number of nitrogens with one attached hydrogen (secondary N) is 3. The molecule has 0 heterocycles. The van der Waals surface area contributed by atoms with Crippen LogP contribution in [-0.4, -0.2) is 97.2 Å². The molecule has 0 saturated heterocycles. The number of carbonyl (C=O) groups is 4. The van der Waals surface area contributed by atoms with Crippen LogP contribution >= 0.6 is 0 Å². The van der Waals surface area contributed by atoms with Gasteiger partial charge in [-0.15, -0.1) is 0 Å². The number of nitrogens with zero attached hydrogens (tertiary/aromatic N) is 2. The Morgan fingerprint density at radius 2 is 1.15 bits per heavy atom. The number of esters is 1. The quantitative estimate of drug-likeness (QED) is 0.0772. The predicted octanol–water partition coefficient (Wildman–Crippen LogP) is 8.20. The van der Waals surface area contributed by atoms with Crippen LogP contribution in [0.3, 0.4) is 0 Å².